The molecule has 0 spiro atoms. The van der Waals surface area contributed by atoms with Gasteiger partial charge in [0.25, 0.3) is 0 Å². The second-order valence-electron chi connectivity index (χ2n) is 3.82. The van der Waals surface area contributed by atoms with Crippen molar-refractivity contribution in [2.24, 2.45) is 14.1 Å². The molecule has 5 heteroatoms. The molecule has 0 saturated carbocycles. The van der Waals surface area contributed by atoms with Gasteiger partial charge in [-0.2, -0.15) is 10.2 Å². The van der Waals surface area contributed by atoms with Crippen LogP contribution in [0.1, 0.15) is 18.3 Å². The van der Waals surface area contributed by atoms with E-state index in [-0.39, 0.29) is 0 Å². The Morgan fingerprint density at radius 2 is 2.19 bits per heavy atom. The average molecular weight is 219 g/mol. The highest BCUT2D eigenvalue weighted by molar-refractivity contribution is 5.46. The molecule has 0 radical (unpaired) electrons. The summed E-state index contributed by atoms with van der Waals surface area (Å²) in [6, 6.07) is 2.01. The Labute approximate surface area is 95.1 Å². The minimum absolute atomic E-state index is 0.773. The third kappa shape index (κ3) is 2.08. The Morgan fingerprint density at radius 3 is 2.81 bits per heavy atom. The van der Waals surface area contributed by atoms with Crippen LogP contribution in [0.25, 0.3) is 0 Å². The van der Waals surface area contributed by atoms with E-state index >= 15 is 0 Å². The Kier molecular flexibility index (Phi) is 2.94. The van der Waals surface area contributed by atoms with Gasteiger partial charge in [-0.3, -0.25) is 9.36 Å². The molecule has 0 amide bonds. The molecule has 0 aliphatic heterocycles. The molecule has 86 valence electrons. The van der Waals surface area contributed by atoms with Gasteiger partial charge in [-0.15, -0.1) is 0 Å². The lowest BCUT2D eigenvalue weighted by Gasteiger charge is -2.05. The Balaban J connectivity index is 2.07. The minimum Gasteiger partial charge on any atom is -0.377 e. The van der Waals surface area contributed by atoms with Crippen molar-refractivity contribution in [2.45, 2.75) is 19.9 Å². The van der Waals surface area contributed by atoms with Crippen LogP contribution in [0.15, 0.2) is 18.5 Å². The fourth-order valence-corrected chi connectivity index (χ4v) is 1.70. The molecule has 2 aromatic heterocycles. The number of aromatic nitrogens is 4. The maximum atomic E-state index is 4.38. The van der Waals surface area contributed by atoms with Gasteiger partial charge in [0.2, 0.25) is 0 Å². The zero-order valence-corrected chi connectivity index (χ0v) is 9.94. The van der Waals surface area contributed by atoms with Crippen molar-refractivity contribution in [3.8, 4) is 0 Å². The number of anilines is 1. The topological polar surface area (TPSA) is 47.7 Å². The Bertz CT molecular complexity index is 468. The third-order valence-corrected chi connectivity index (χ3v) is 2.62. The van der Waals surface area contributed by atoms with Gasteiger partial charge in [0.1, 0.15) is 0 Å². The molecule has 0 aliphatic carbocycles. The molecule has 0 fully saturated rings. The van der Waals surface area contributed by atoms with Crippen molar-refractivity contribution in [2.75, 3.05) is 5.32 Å². The lowest BCUT2D eigenvalue weighted by molar-refractivity contribution is 0.720. The Hall–Kier alpha value is -1.78. The summed E-state index contributed by atoms with van der Waals surface area (Å²) in [4.78, 5) is 0. The number of hydrogen-bond donors (Lipinski definition) is 1. The molecule has 2 aromatic rings. The van der Waals surface area contributed by atoms with Crippen LogP contribution in [0.4, 0.5) is 5.69 Å². The van der Waals surface area contributed by atoms with E-state index in [0.717, 1.165) is 30.0 Å². The standard InChI is InChI=1S/C11H17N5/c1-4-10-11(8-15(2)14-10)12-7-9-5-6-13-16(9)3/h5-6,8,12H,4,7H2,1-3H3. The summed E-state index contributed by atoms with van der Waals surface area (Å²) in [5, 5.41) is 11.9. The fourth-order valence-electron chi connectivity index (χ4n) is 1.70. The molecule has 0 aromatic carbocycles. The smallest absolute Gasteiger partial charge is 0.0853 e. The quantitative estimate of drug-likeness (QED) is 0.844. The fraction of sp³-hybridized carbons (Fsp3) is 0.455. The number of rotatable bonds is 4. The van der Waals surface area contributed by atoms with Crippen molar-refractivity contribution < 1.29 is 0 Å². The summed E-state index contributed by atoms with van der Waals surface area (Å²) in [7, 11) is 3.88. The normalized spacial score (nSPS) is 10.7. The highest BCUT2D eigenvalue weighted by atomic mass is 15.3. The van der Waals surface area contributed by atoms with E-state index < -0.39 is 0 Å². The van der Waals surface area contributed by atoms with E-state index in [4.69, 9.17) is 0 Å². The summed E-state index contributed by atoms with van der Waals surface area (Å²) in [6.45, 7) is 2.88. The summed E-state index contributed by atoms with van der Waals surface area (Å²) in [5.41, 5.74) is 3.36. The van der Waals surface area contributed by atoms with Gasteiger partial charge >= 0.3 is 0 Å². The highest BCUT2D eigenvalue weighted by Gasteiger charge is 2.05. The first-order valence-corrected chi connectivity index (χ1v) is 5.44. The molecule has 2 heterocycles. The first kappa shape index (κ1) is 10.7. The molecule has 0 atom stereocenters. The van der Waals surface area contributed by atoms with E-state index in [9.17, 15) is 0 Å². The van der Waals surface area contributed by atoms with Gasteiger partial charge in [-0.1, -0.05) is 6.92 Å². The predicted octanol–water partition coefficient (Wildman–Crippen LogP) is 1.33. The maximum Gasteiger partial charge on any atom is 0.0853 e. The second-order valence-corrected chi connectivity index (χ2v) is 3.82. The van der Waals surface area contributed by atoms with Crippen molar-refractivity contribution in [3.05, 3.63) is 29.8 Å². The molecule has 0 unspecified atom stereocenters. The largest absolute Gasteiger partial charge is 0.377 e. The summed E-state index contributed by atoms with van der Waals surface area (Å²) in [5.74, 6) is 0. The van der Waals surface area contributed by atoms with E-state index in [1.54, 1.807) is 6.20 Å². The molecule has 0 bridgehead atoms. The van der Waals surface area contributed by atoms with E-state index in [1.165, 1.54) is 0 Å². The van der Waals surface area contributed by atoms with E-state index in [2.05, 4.69) is 22.4 Å². The van der Waals surface area contributed by atoms with E-state index in [1.807, 2.05) is 35.7 Å². The molecule has 5 nitrogen and oxygen atoms in total. The lowest BCUT2D eigenvalue weighted by Crippen LogP contribution is -2.06. The number of hydrogen-bond acceptors (Lipinski definition) is 3. The monoisotopic (exact) mass is 219 g/mol. The molecule has 2 rings (SSSR count). The van der Waals surface area contributed by atoms with Gasteiger partial charge in [-0.25, -0.2) is 0 Å². The van der Waals surface area contributed by atoms with Crippen LogP contribution >= 0.6 is 0 Å². The summed E-state index contributed by atoms with van der Waals surface area (Å²) < 4.78 is 3.71. The molecule has 16 heavy (non-hydrogen) atoms. The van der Waals surface area contributed by atoms with Crippen LogP contribution < -0.4 is 5.32 Å². The molecule has 0 aliphatic rings. The van der Waals surface area contributed by atoms with Crippen LogP contribution in [0, 0.1) is 0 Å². The molecule has 0 saturated heterocycles. The van der Waals surface area contributed by atoms with Gasteiger partial charge < -0.3 is 5.32 Å². The Morgan fingerprint density at radius 1 is 1.38 bits per heavy atom. The van der Waals surface area contributed by atoms with Crippen molar-refractivity contribution in [3.63, 3.8) is 0 Å². The highest BCUT2D eigenvalue weighted by Crippen LogP contribution is 2.14. The average Bonchev–Trinajstić information content (AvgIpc) is 2.81. The van der Waals surface area contributed by atoms with Crippen LogP contribution in [0.3, 0.4) is 0 Å². The van der Waals surface area contributed by atoms with Crippen LogP contribution in [-0.2, 0) is 27.1 Å². The van der Waals surface area contributed by atoms with E-state index in [0.29, 0.717) is 0 Å². The third-order valence-electron chi connectivity index (χ3n) is 2.62. The molecule has 1 N–H and O–H groups in total. The van der Waals surface area contributed by atoms with Crippen LogP contribution in [-0.4, -0.2) is 19.6 Å². The maximum absolute atomic E-state index is 4.38. The SMILES string of the molecule is CCc1nn(C)cc1NCc1ccnn1C. The minimum atomic E-state index is 0.773. The lowest BCUT2D eigenvalue weighted by atomic mass is 10.3. The predicted molar refractivity (Wildman–Crippen MR) is 63.1 cm³/mol. The number of nitrogens with one attached hydrogen (secondary N) is 1. The van der Waals surface area contributed by atoms with Crippen LogP contribution in [0.5, 0.6) is 0 Å². The van der Waals surface area contributed by atoms with Crippen LogP contribution in [0.2, 0.25) is 0 Å². The van der Waals surface area contributed by atoms with Crippen molar-refractivity contribution >= 4 is 5.69 Å². The van der Waals surface area contributed by atoms with Crippen molar-refractivity contribution in [1.82, 2.24) is 19.6 Å². The zero-order chi connectivity index (χ0) is 11.5. The van der Waals surface area contributed by atoms with Gasteiger partial charge in [0.15, 0.2) is 0 Å². The second kappa shape index (κ2) is 4.38. The molecular formula is C11H17N5. The van der Waals surface area contributed by atoms with Gasteiger partial charge in [-0.05, 0) is 12.5 Å². The molecular weight excluding hydrogens is 202 g/mol. The number of aryl methyl sites for hydroxylation is 3. The van der Waals surface area contributed by atoms with Gasteiger partial charge in [0, 0.05) is 26.5 Å². The van der Waals surface area contributed by atoms with Crippen molar-refractivity contribution in [1.29, 1.82) is 0 Å². The summed E-state index contributed by atoms with van der Waals surface area (Å²) in [6.07, 6.45) is 4.75. The van der Waals surface area contributed by atoms with Gasteiger partial charge in [0.05, 0.1) is 23.6 Å². The zero-order valence-electron chi connectivity index (χ0n) is 9.94. The summed E-state index contributed by atoms with van der Waals surface area (Å²) >= 11 is 0. The first-order valence-electron chi connectivity index (χ1n) is 5.44. The number of nitrogens with zero attached hydrogens (tertiary/aromatic N) is 4. The first-order chi connectivity index (χ1) is 7.70.